The zero-order valence-corrected chi connectivity index (χ0v) is 11.5. The highest BCUT2D eigenvalue weighted by Gasteiger charge is 2.37. The quantitative estimate of drug-likeness (QED) is 0.782. The normalized spacial score (nSPS) is 29.3. The summed E-state index contributed by atoms with van der Waals surface area (Å²) in [5.41, 5.74) is 0. The predicted octanol–water partition coefficient (Wildman–Crippen LogP) is 2.02. The summed E-state index contributed by atoms with van der Waals surface area (Å²) in [4.78, 5) is 14.8. The van der Waals surface area contributed by atoms with E-state index in [1.807, 2.05) is 0 Å². The van der Waals surface area contributed by atoms with Gasteiger partial charge in [0, 0.05) is 25.0 Å². The van der Waals surface area contributed by atoms with Crippen molar-refractivity contribution in [2.75, 3.05) is 19.6 Å². The highest BCUT2D eigenvalue weighted by Crippen LogP contribution is 2.38. The molecule has 1 amide bonds. The number of nitrogens with zero attached hydrogens (tertiary/aromatic N) is 1. The van der Waals surface area contributed by atoms with Gasteiger partial charge in [-0.25, -0.2) is 0 Å². The van der Waals surface area contributed by atoms with E-state index in [2.05, 4.69) is 17.1 Å². The van der Waals surface area contributed by atoms with Crippen LogP contribution in [-0.2, 0) is 4.79 Å². The summed E-state index contributed by atoms with van der Waals surface area (Å²) in [5.74, 6) is 2.20. The molecule has 2 unspecified atom stereocenters. The second kappa shape index (κ2) is 5.20. The van der Waals surface area contributed by atoms with Crippen LogP contribution in [0, 0.1) is 17.8 Å². The van der Waals surface area contributed by atoms with Crippen molar-refractivity contribution in [1.82, 2.24) is 10.2 Å². The SMILES string of the molecule is CC(C(=O)N(CC1CC1)CC1CCCN1)C1CC1. The Morgan fingerprint density at radius 1 is 1.22 bits per heavy atom. The molecular formula is C15H26N2O. The van der Waals surface area contributed by atoms with Gasteiger partial charge in [-0.15, -0.1) is 0 Å². The molecule has 1 heterocycles. The van der Waals surface area contributed by atoms with Crippen molar-refractivity contribution in [2.45, 2.75) is 51.5 Å². The van der Waals surface area contributed by atoms with Gasteiger partial charge >= 0.3 is 0 Å². The topological polar surface area (TPSA) is 32.3 Å². The largest absolute Gasteiger partial charge is 0.341 e. The third kappa shape index (κ3) is 3.05. The van der Waals surface area contributed by atoms with Gasteiger partial charge in [0.05, 0.1) is 0 Å². The van der Waals surface area contributed by atoms with E-state index in [1.165, 1.54) is 38.5 Å². The fourth-order valence-corrected chi connectivity index (χ4v) is 3.13. The maximum absolute atomic E-state index is 12.6. The van der Waals surface area contributed by atoms with E-state index in [1.54, 1.807) is 0 Å². The summed E-state index contributed by atoms with van der Waals surface area (Å²) < 4.78 is 0. The number of amides is 1. The molecule has 1 aliphatic heterocycles. The van der Waals surface area contributed by atoms with E-state index in [4.69, 9.17) is 0 Å². The summed E-state index contributed by atoms with van der Waals surface area (Å²) in [6.07, 6.45) is 7.72. The molecule has 0 aromatic rings. The molecule has 2 aliphatic carbocycles. The van der Waals surface area contributed by atoms with Gasteiger partial charge in [-0.1, -0.05) is 6.92 Å². The lowest BCUT2D eigenvalue weighted by molar-refractivity contribution is -0.136. The molecule has 2 saturated carbocycles. The third-order valence-electron chi connectivity index (χ3n) is 4.81. The molecule has 18 heavy (non-hydrogen) atoms. The average molecular weight is 250 g/mol. The molecule has 2 atom stereocenters. The van der Waals surface area contributed by atoms with Crippen LogP contribution in [-0.4, -0.2) is 36.5 Å². The minimum atomic E-state index is 0.269. The van der Waals surface area contributed by atoms with Gasteiger partial charge in [-0.3, -0.25) is 4.79 Å². The summed E-state index contributed by atoms with van der Waals surface area (Å²) in [5, 5.41) is 3.53. The van der Waals surface area contributed by atoms with Crippen molar-refractivity contribution in [3.8, 4) is 0 Å². The standard InChI is InChI=1S/C15H26N2O/c1-11(13-6-7-13)15(18)17(9-12-4-5-12)10-14-3-2-8-16-14/h11-14,16H,2-10H2,1H3. The van der Waals surface area contributed by atoms with Crippen LogP contribution in [0.3, 0.4) is 0 Å². The predicted molar refractivity (Wildman–Crippen MR) is 72.2 cm³/mol. The number of hydrogen-bond donors (Lipinski definition) is 1. The first-order valence-electron chi connectivity index (χ1n) is 7.76. The van der Waals surface area contributed by atoms with Gasteiger partial charge in [0.15, 0.2) is 0 Å². The molecule has 3 fully saturated rings. The first-order chi connectivity index (χ1) is 8.74. The van der Waals surface area contributed by atoms with Crippen LogP contribution >= 0.6 is 0 Å². The molecule has 3 rings (SSSR count). The molecule has 3 aliphatic rings. The van der Waals surface area contributed by atoms with E-state index < -0.39 is 0 Å². The van der Waals surface area contributed by atoms with Crippen molar-refractivity contribution in [3.05, 3.63) is 0 Å². The number of rotatable bonds is 6. The van der Waals surface area contributed by atoms with Gasteiger partial charge in [0.2, 0.25) is 5.91 Å². The summed E-state index contributed by atoms with van der Waals surface area (Å²) >= 11 is 0. The van der Waals surface area contributed by atoms with Crippen molar-refractivity contribution in [1.29, 1.82) is 0 Å². The molecule has 3 heteroatoms. The van der Waals surface area contributed by atoms with Crippen LogP contribution in [0.1, 0.15) is 45.4 Å². The maximum Gasteiger partial charge on any atom is 0.225 e. The van der Waals surface area contributed by atoms with Crippen molar-refractivity contribution < 1.29 is 4.79 Å². The highest BCUT2D eigenvalue weighted by molar-refractivity contribution is 5.79. The fourth-order valence-electron chi connectivity index (χ4n) is 3.13. The lowest BCUT2D eigenvalue weighted by Gasteiger charge is -2.28. The van der Waals surface area contributed by atoms with Crippen LogP contribution in [0.5, 0.6) is 0 Å². The molecule has 102 valence electrons. The summed E-state index contributed by atoms with van der Waals surface area (Å²) in [6, 6.07) is 0.555. The van der Waals surface area contributed by atoms with Gasteiger partial charge < -0.3 is 10.2 Å². The Hall–Kier alpha value is -0.570. The second-order valence-corrected chi connectivity index (χ2v) is 6.61. The molecule has 1 saturated heterocycles. The Morgan fingerprint density at radius 2 is 2.00 bits per heavy atom. The van der Waals surface area contributed by atoms with Gasteiger partial charge in [-0.05, 0) is 56.9 Å². The molecule has 0 aromatic carbocycles. The van der Waals surface area contributed by atoms with E-state index >= 15 is 0 Å². The molecule has 0 spiro atoms. The van der Waals surface area contributed by atoms with Gasteiger partial charge in [0.1, 0.15) is 0 Å². The second-order valence-electron chi connectivity index (χ2n) is 6.61. The Bertz CT molecular complexity index is 304. The smallest absolute Gasteiger partial charge is 0.225 e. The van der Waals surface area contributed by atoms with Crippen LogP contribution < -0.4 is 5.32 Å². The highest BCUT2D eigenvalue weighted by atomic mass is 16.2. The van der Waals surface area contributed by atoms with Crippen LogP contribution in [0.2, 0.25) is 0 Å². The summed E-state index contributed by atoms with van der Waals surface area (Å²) in [7, 11) is 0. The lowest BCUT2D eigenvalue weighted by Crippen LogP contribution is -2.44. The Labute approximate surface area is 110 Å². The minimum Gasteiger partial charge on any atom is -0.341 e. The lowest BCUT2D eigenvalue weighted by atomic mass is 10.0. The maximum atomic E-state index is 12.6. The number of carbonyl (C=O) groups is 1. The molecular weight excluding hydrogens is 224 g/mol. The zero-order chi connectivity index (χ0) is 12.5. The molecule has 0 radical (unpaired) electrons. The Morgan fingerprint density at radius 3 is 2.56 bits per heavy atom. The summed E-state index contributed by atoms with van der Waals surface area (Å²) in [6.45, 7) is 5.25. The number of hydrogen-bond acceptors (Lipinski definition) is 2. The van der Waals surface area contributed by atoms with E-state index in [-0.39, 0.29) is 5.92 Å². The van der Waals surface area contributed by atoms with Gasteiger partial charge in [0.25, 0.3) is 0 Å². The monoisotopic (exact) mass is 250 g/mol. The number of nitrogens with one attached hydrogen (secondary N) is 1. The van der Waals surface area contributed by atoms with Crippen LogP contribution in [0.15, 0.2) is 0 Å². The third-order valence-corrected chi connectivity index (χ3v) is 4.81. The molecule has 0 aromatic heterocycles. The zero-order valence-electron chi connectivity index (χ0n) is 11.5. The van der Waals surface area contributed by atoms with E-state index in [0.29, 0.717) is 17.9 Å². The average Bonchev–Trinajstić information content (AvgIpc) is 3.28. The molecule has 1 N–H and O–H groups in total. The number of carbonyl (C=O) groups excluding carboxylic acids is 1. The fraction of sp³-hybridized carbons (Fsp3) is 0.933. The first kappa shape index (κ1) is 12.5. The molecule has 0 bridgehead atoms. The van der Waals surface area contributed by atoms with E-state index in [0.717, 1.165) is 25.6 Å². The van der Waals surface area contributed by atoms with E-state index in [9.17, 15) is 4.79 Å². The Balaban J connectivity index is 1.57. The van der Waals surface area contributed by atoms with Crippen molar-refractivity contribution in [2.24, 2.45) is 17.8 Å². The van der Waals surface area contributed by atoms with Crippen molar-refractivity contribution >= 4 is 5.91 Å². The van der Waals surface area contributed by atoms with Crippen molar-refractivity contribution in [3.63, 3.8) is 0 Å². The first-order valence-corrected chi connectivity index (χ1v) is 7.76. The van der Waals surface area contributed by atoms with Crippen LogP contribution in [0.4, 0.5) is 0 Å². The van der Waals surface area contributed by atoms with Gasteiger partial charge in [-0.2, -0.15) is 0 Å². The van der Waals surface area contributed by atoms with Crippen LogP contribution in [0.25, 0.3) is 0 Å². The minimum absolute atomic E-state index is 0.269. The Kier molecular flexibility index (Phi) is 3.60. The molecule has 3 nitrogen and oxygen atoms in total.